The molecule has 0 aliphatic heterocycles. The number of rotatable bonds is 6. The standard InChI is InChI=1S/C18H19N.C9H14N2.C9H10O.H2O4S/c1-12(2)15-9-10-17-16(11-15)13(3)18(19-17)14-7-5-4-6-8-14;1-7(2)8-3-5-9(11-10)6-4-8;1-2-9(10)8-6-4-3-5-7-8;1-5(2,3)4/h4-12,19H,1-3H3;3-7,11H,10H2,1-2H3;3-7H,2H2,1H3;(H2,1,2,3,4). The van der Waals surface area contributed by atoms with Crippen LogP contribution in [-0.4, -0.2) is 28.3 Å². The van der Waals surface area contributed by atoms with Crippen molar-refractivity contribution in [2.75, 3.05) is 5.43 Å². The van der Waals surface area contributed by atoms with Crippen molar-refractivity contribution >= 4 is 32.8 Å². The quantitative estimate of drug-likeness (QED) is 0.0544. The maximum Gasteiger partial charge on any atom is 0.394 e. The Hall–Kier alpha value is -4.28. The average molecular weight is 632 g/mol. The Morgan fingerprint density at radius 3 is 1.76 bits per heavy atom. The fourth-order valence-electron chi connectivity index (χ4n) is 4.39. The number of aromatic amines is 1. The van der Waals surface area contributed by atoms with Gasteiger partial charge in [0.05, 0.1) is 0 Å². The van der Waals surface area contributed by atoms with Crippen LogP contribution in [-0.2, 0) is 10.4 Å². The van der Waals surface area contributed by atoms with Gasteiger partial charge in [-0.3, -0.25) is 19.7 Å². The molecular formula is C36H45N3O5S. The van der Waals surface area contributed by atoms with Crippen LogP contribution in [0.25, 0.3) is 22.2 Å². The highest BCUT2D eigenvalue weighted by atomic mass is 32.3. The second-order valence-corrected chi connectivity index (χ2v) is 11.9. The van der Waals surface area contributed by atoms with E-state index in [9.17, 15) is 4.79 Å². The largest absolute Gasteiger partial charge is 0.394 e. The predicted molar refractivity (Wildman–Crippen MR) is 186 cm³/mol. The van der Waals surface area contributed by atoms with Gasteiger partial charge in [-0.2, -0.15) is 8.42 Å². The van der Waals surface area contributed by atoms with E-state index in [1.165, 1.54) is 38.9 Å². The number of hydrazine groups is 1. The van der Waals surface area contributed by atoms with Crippen molar-refractivity contribution in [3.05, 3.63) is 125 Å². The molecule has 5 aromatic rings. The van der Waals surface area contributed by atoms with Crippen molar-refractivity contribution in [1.82, 2.24) is 4.98 Å². The lowest BCUT2D eigenvalue weighted by Gasteiger charge is -2.05. The van der Waals surface area contributed by atoms with Gasteiger partial charge in [-0.15, -0.1) is 0 Å². The zero-order valence-corrected chi connectivity index (χ0v) is 27.6. The van der Waals surface area contributed by atoms with Crippen molar-refractivity contribution in [3.63, 3.8) is 0 Å². The number of nitrogens with one attached hydrogen (secondary N) is 2. The van der Waals surface area contributed by atoms with Crippen LogP contribution in [0.4, 0.5) is 5.69 Å². The summed E-state index contributed by atoms with van der Waals surface area (Å²) in [5.41, 5.74) is 12.1. The average Bonchev–Trinajstić information content (AvgIpc) is 3.36. The second-order valence-electron chi connectivity index (χ2n) is 11.0. The van der Waals surface area contributed by atoms with E-state index in [1.54, 1.807) is 0 Å². The number of aromatic nitrogens is 1. The number of nitrogen functional groups attached to an aromatic ring is 1. The van der Waals surface area contributed by atoms with Gasteiger partial charge in [0.15, 0.2) is 5.78 Å². The van der Waals surface area contributed by atoms with Gasteiger partial charge in [-0.1, -0.05) is 113 Å². The fraction of sp³-hybridized carbons (Fsp3) is 0.250. The Kier molecular flexibility index (Phi) is 14.7. The van der Waals surface area contributed by atoms with Gasteiger partial charge < -0.3 is 10.4 Å². The third-order valence-electron chi connectivity index (χ3n) is 6.97. The minimum atomic E-state index is -4.67. The predicted octanol–water partition coefficient (Wildman–Crippen LogP) is 8.99. The summed E-state index contributed by atoms with van der Waals surface area (Å²) >= 11 is 0. The first-order valence-corrected chi connectivity index (χ1v) is 16.2. The number of hydrogen-bond acceptors (Lipinski definition) is 5. The molecule has 0 spiro atoms. The van der Waals surface area contributed by atoms with Gasteiger partial charge in [0.25, 0.3) is 0 Å². The van der Waals surface area contributed by atoms with Crippen LogP contribution >= 0.6 is 0 Å². The third kappa shape index (κ3) is 12.7. The molecule has 5 rings (SSSR count). The lowest BCUT2D eigenvalue weighted by atomic mass is 10.00. The van der Waals surface area contributed by atoms with E-state index in [-0.39, 0.29) is 5.78 Å². The number of aryl methyl sites for hydroxylation is 1. The first kappa shape index (κ1) is 36.9. The van der Waals surface area contributed by atoms with Crippen LogP contribution in [0.15, 0.2) is 103 Å². The number of anilines is 1. The summed E-state index contributed by atoms with van der Waals surface area (Å²) < 4.78 is 31.6. The molecule has 0 fully saturated rings. The SMILES string of the molecule is CC(C)c1ccc(NN)cc1.CCC(=O)c1ccccc1.Cc1c(-c2ccccc2)[nH]c2ccc(C(C)C)cc12.O=S(=O)(O)O. The second kappa shape index (κ2) is 17.9. The van der Waals surface area contributed by atoms with E-state index in [4.69, 9.17) is 23.4 Å². The molecule has 1 aromatic heterocycles. The van der Waals surface area contributed by atoms with Crippen molar-refractivity contribution in [1.29, 1.82) is 0 Å². The van der Waals surface area contributed by atoms with Gasteiger partial charge in [-0.05, 0) is 65.3 Å². The number of benzene rings is 4. The van der Waals surface area contributed by atoms with E-state index < -0.39 is 10.4 Å². The molecule has 6 N–H and O–H groups in total. The Balaban J connectivity index is 0.000000233. The van der Waals surface area contributed by atoms with Crippen molar-refractivity contribution in [2.45, 2.75) is 59.8 Å². The van der Waals surface area contributed by atoms with Gasteiger partial charge in [0.2, 0.25) is 0 Å². The van der Waals surface area contributed by atoms with Gasteiger partial charge in [0.1, 0.15) is 0 Å². The molecule has 0 saturated heterocycles. The van der Waals surface area contributed by atoms with E-state index in [2.05, 4.69) is 106 Å². The Bertz CT molecular complexity index is 1710. The molecule has 0 amide bonds. The summed E-state index contributed by atoms with van der Waals surface area (Å²) in [6.45, 7) is 12.9. The first-order chi connectivity index (χ1) is 21.2. The molecule has 0 unspecified atom stereocenters. The zero-order chi connectivity index (χ0) is 33.6. The molecule has 8 nitrogen and oxygen atoms in total. The van der Waals surface area contributed by atoms with Crippen LogP contribution in [0.2, 0.25) is 0 Å². The third-order valence-corrected chi connectivity index (χ3v) is 6.97. The van der Waals surface area contributed by atoms with E-state index in [1.807, 2.05) is 49.4 Å². The highest BCUT2D eigenvalue weighted by Crippen LogP contribution is 2.31. The van der Waals surface area contributed by atoms with E-state index >= 15 is 0 Å². The number of nitrogens with two attached hydrogens (primary N) is 1. The van der Waals surface area contributed by atoms with Crippen molar-refractivity contribution in [2.24, 2.45) is 5.84 Å². The van der Waals surface area contributed by atoms with Crippen LogP contribution in [0.1, 0.15) is 79.9 Å². The molecule has 1 heterocycles. The first-order valence-electron chi connectivity index (χ1n) is 14.8. The lowest BCUT2D eigenvalue weighted by molar-refractivity contribution is 0.0988. The number of carbonyl (C=O) groups excluding carboxylic acids is 1. The molecule has 9 heteroatoms. The molecule has 0 aliphatic rings. The van der Waals surface area contributed by atoms with Crippen LogP contribution < -0.4 is 11.3 Å². The number of Topliss-reactive ketones (excluding diaryl/α,β-unsaturated/α-hetero) is 1. The minimum absolute atomic E-state index is 0.209. The summed E-state index contributed by atoms with van der Waals surface area (Å²) in [5.74, 6) is 6.59. The molecule has 240 valence electrons. The molecule has 4 aromatic carbocycles. The zero-order valence-electron chi connectivity index (χ0n) is 26.8. The maximum absolute atomic E-state index is 11.0. The van der Waals surface area contributed by atoms with Crippen LogP contribution in [0.5, 0.6) is 0 Å². The number of H-pyrrole nitrogens is 1. The summed E-state index contributed by atoms with van der Waals surface area (Å²) in [6.07, 6.45) is 0.587. The molecule has 0 aliphatic carbocycles. The Morgan fingerprint density at radius 1 is 0.800 bits per heavy atom. The monoisotopic (exact) mass is 631 g/mol. The van der Waals surface area contributed by atoms with E-state index in [0.29, 0.717) is 18.3 Å². The molecule has 0 bridgehead atoms. The van der Waals surface area contributed by atoms with Gasteiger partial charge >= 0.3 is 10.4 Å². The lowest BCUT2D eigenvalue weighted by Crippen LogP contribution is -2.06. The minimum Gasteiger partial charge on any atom is -0.354 e. The highest BCUT2D eigenvalue weighted by Gasteiger charge is 2.10. The molecule has 0 saturated carbocycles. The number of ketones is 1. The number of carbonyl (C=O) groups is 1. The Labute approximate surface area is 267 Å². The van der Waals surface area contributed by atoms with Crippen molar-refractivity contribution < 1.29 is 22.3 Å². The summed E-state index contributed by atoms with van der Waals surface area (Å²) in [6, 6.07) is 34.7. The maximum atomic E-state index is 11.0. The summed E-state index contributed by atoms with van der Waals surface area (Å²) in [4.78, 5) is 14.6. The molecule has 45 heavy (non-hydrogen) atoms. The van der Waals surface area contributed by atoms with E-state index in [0.717, 1.165) is 11.3 Å². The number of fused-ring (bicyclic) bond motifs is 1. The van der Waals surface area contributed by atoms with Crippen LogP contribution in [0.3, 0.4) is 0 Å². The molecular weight excluding hydrogens is 586 g/mol. The topological polar surface area (TPSA) is 146 Å². The molecule has 0 radical (unpaired) electrons. The molecule has 0 atom stereocenters. The van der Waals surface area contributed by atoms with Crippen molar-refractivity contribution in [3.8, 4) is 11.3 Å². The normalized spacial score (nSPS) is 10.6. The summed E-state index contributed by atoms with van der Waals surface area (Å²) in [5, 5.41) is 1.34. The fourth-order valence-corrected chi connectivity index (χ4v) is 4.39. The number of hydrogen-bond donors (Lipinski definition) is 5. The smallest absolute Gasteiger partial charge is 0.354 e. The van der Waals surface area contributed by atoms with Crippen LogP contribution in [0, 0.1) is 6.92 Å². The highest BCUT2D eigenvalue weighted by molar-refractivity contribution is 7.79. The summed E-state index contributed by atoms with van der Waals surface area (Å²) in [7, 11) is -4.67. The Morgan fingerprint density at radius 2 is 1.29 bits per heavy atom. The van der Waals surface area contributed by atoms with Gasteiger partial charge in [-0.25, -0.2) is 0 Å². The van der Waals surface area contributed by atoms with Gasteiger partial charge in [0, 0.05) is 34.3 Å².